The third kappa shape index (κ3) is 2.89. The highest BCUT2D eigenvalue weighted by Crippen LogP contribution is 2.23. The molecule has 0 spiro atoms. The number of benzene rings is 2. The van der Waals surface area contributed by atoms with Crippen LogP contribution in [0.4, 0.5) is 10.1 Å². The Balaban J connectivity index is 1.83. The Morgan fingerprint density at radius 3 is 2.58 bits per heavy atom. The van der Waals surface area contributed by atoms with Crippen molar-refractivity contribution in [3.05, 3.63) is 65.5 Å². The lowest BCUT2D eigenvalue weighted by atomic mass is 10.1. The first-order valence-electron chi connectivity index (χ1n) is 7.92. The molecule has 0 aromatic heterocycles. The van der Waals surface area contributed by atoms with Gasteiger partial charge in [0, 0.05) is 18.8 Å². The Morgan fingerprint density at radius 2 is 1.88 bits per heavy atom. The van der Waals surface area contributed by atoms with Gasteiger partial charge < -0.3 is 9.80 Å². The molecule has 0 N–H and O–H groups in total. The van der Waals surface area contributed by atoms with Crippen molar-refractivity contribution in [3.63, 3.8) is 0 Å². The fourth-order valence-electron chi connectivity index (χ4n) is 2.99. The summed E-state index contributed by atoms with van der Waals surface area (Å²) in [5, 5.41) is 0. The fraction of sp³-hybridized carbons (Fsp3) is 0.263. The highest BCUT2D eigenvalue weighted by atomic mass is 19.1. The molecule has 1 aliphatic heterocycles. The zero-order chi connectivity index (χ0) is 17.3. The van der Waals surface area contributed by atoms with Crippen LogP contribution in [0.2, 0.25) is 0 Å². The number of nitrogens with zero attached hydrogens (tertiary/aromatic N) is 2. The van der Waals surface area contributed by atoms with Crippen LogP contribution in [0.25, 0.3) is 0 Å². The van der Waals surface area contributed by atoms with E-state index in [1.54, 1.807) is 17.9 Å². The van der Waals surface area contributed by atoms with E-state index in [0.29, 0.717) is 13.1 Å². The van der Waals surface area contributed by atoms with Crippen LogP contribution in [0, 0.1) is 12.7 Å². The predicted octanol–water partition coefficient (Wildman–Crippen LogP) is 3.01. The molecule has 24 heavy (non-hydrogen) atoms. The van der Waals surface area contributed by atoms with Crippen molar-refractivity contribution in [1.29, 1.82) is 0 Å². The molecular weight excluding hydrogens is 307 g/mol. The number of carbonyl (C=O) groups excluding carboxylic acids is 2. The molecule has 1 aliphatic rings. The van der Waals surface area contributed by atoms with E-state index in [1.807, 2.05) is 31.2 Å². The number of hydrogen-bond acceptors (Lipinski definition) is 2. The summed E-state index contributed by atoms with van der Waals surface area (Å²) in [6.45, 7) is 4.42. The van der Waals surface area contributed by atoms with Crippen LogP contribution in [0.5, 0.6) is 0 Å². The zero-order valence-corrected chi connectivity index (χ0v) is 13.7. The molecular formula is C19H19FN2O2. The van der Waals surface area contributed by atoms with Gasteiger partial charge in [0.25, 0.3) is 5.91 Å². The number of hydrogen-bond donors (Lipinski definition) is 0. The van der Waals surface area contributed by atoms with E-state index in [0.717, 1.165) is 11.3 Å². The smallest absolute Gasteiger partial charge is 0.257 e. The number of rotatable bonds is 2. The predicted molar refractivity (Wildman–Crippen MR) is 90.4 cm³/mol. The molecule has 1 saturated heterocycles. The lowest BCUT2D eigenvalue weighted by Gasteiger charge is -2.39. The number of amides is 2. The molecule has 1 fully saturated rings. The minimum Gasteiger partial charge on any atom is -0.325 e. The second kappa shape index (κ2) is 6.43. The first kappa shape index (κ1) is 16.2. The molecule has 0 bridgehead atoms. The minimum absolute atomic E-state index is 0.00107. The fourth-order valence-corrected chi connectivity index (χ4v) is 2.99. The van der Waals surface area contributed by atoms with Crippen molar-refractivity contribution >= 4 is 17.5 Å². The van der Waals surface area contributed by atoms with Gasteiger partial charge in [-0.3, -0.25) is 9.59 Å². The molecule has 2 aromatic rings. The Morgan fingerprint density at radius 1 is 1.12 bits per heavy atom. The summed E-state index contributed by atoms with van der Waals surface area (Å²) < 4.78 is 13.9. The maximum absolute atomic E-state index is 13.9. The van der Waals surface area contributed by atoms with E-state index >= 15 is 0 Å². The van der Waals surface area contributed by atoms with E-state index < -0.39 is 17.8 Å². The maximum Gasteiger partial charge on any atom is 0.257 e. The second-order valence-corrected chi connectivity index (χ2v) is 5.98. The van der Waals surface area contributed by atoms with E-state index in [9.17, 15) is 14.0 Å². The van der Waals surface area contributed by atoms with Gasteiger partial charge in [-0.15, -0.1) is 0 Å². The van der Waals surface area contributed by atoms with Crippen molar-refractivity contribution in [3.8, 4) is 0 Å². The third-order valence-electron chi connectivity index (χ3n) is 4.33. The molecule has 1 heterocycles. The maximum atomic E-state index is 13.9. The van der Waals surface area contributed by atoms with Crippen molar-refractivity contribution in [2.75, 3.05) is 18.0 Å². The van der Waals surface area contributed by atoms with Crippen LogP contribution in [-0.2, 0) is 4.79 Å². The van der Waals surface area contributed by atoms with E-state index in [-0.39, 0.29) is 11.5 Å². The molecule has 0 saturated carbocycles. The van der Waals surface area contributed by atoms with E-state index in [2.05, 4.69) is 0 Å². The summed E-state index contributed by atoms with van der Waals surface area (Å²) in [6.07, 6.45) is 0. The number of carbonyl (C=O) groups is 2. The lowest BCUT2D eigenvalue weighted by Crippen LogP contribution is -2.57. The Hall–Kier alpha value is -2.69. The number of piperazine rings is 1. The average Bonchev–Trinajstić information content (AvgIpc) is 2.57. The highest BCUT2D eigenvalue weighted by molar-refractivity contribution is 6.03. The standard InChI is InChI=1S/C19H19FN2O2/c1-13-6-5-7-15(12-13)22-11-10-21(14(2)18(22)23)19(24)16-8-3-4-9-17(16)20/h3-9,12,14H,10-11H2,1-2H3/t14-/m0/s1. The van der Waals surface area contributed by atoms with Gasteiger partial charge in [-0.25, -0.2) is 4.39 Å². The normalized spacial score (nSPS) is 18.0. The van der Waals surface area contributed by atoms with Crippen LogP contribution in [0.15, 0.2) is 48.5 Å². The summed E-state index contributed by atoms with van der Waals surface area (Å²) >= 11 is 0. The zero-order valence-electron chi connectivity index (χ0n) is 13.7. The van der Waals surface area contributed by atoms with E-state index in [4.69, 9.17) is 0 Å². The molecule has 124 valence electrons. The average molecular weight is 326 g/mol. The summed E-state index contributed by atoms with van der Waals surface area (Å²) in [5.41, 5.74) is 1.89. The van der Waals surface area contributed by atoms with Crippen LogP contribution in [-0.4, -0.2) is 35.8 Å². The largest absolute Gasteiger partial charge is 0.325 e. The van der Waals surface area contributed by atoms with Gasteiger partial charge >= 0.3 is 0 Å². The van der Waals surface area contributed by atoms with Crippen molar-refractivity contribution < 1.29 is 14.0 Å². The molecule has 0 aliphatic carbocycles. The highest BCUT2D eigenvalue weighted by Gasteiger charge is 2.35. The van der Waals surface area contributed by atoms with Crippen LogP contribution in [0.1, 0.15) is 22.8 Å². The summed E-state index contributed by atoms with van der Waals surface area (Å²) in [5.74, 6) is -1.17. The van der Waals surface area contributed by atoms with Crippen molar-refractivity contribution in [2.45, 2.75) is 19.9 Å². The third-order valence-corrected chi connectivity index (χ3v) is 4.33. The number of anilines is 1. The van der Waals surface area contributed by atoms with Gasteiger partial charge in [-0.05, 0) is 43.7 Å². The molecule has 2 aromatic carbocycles. The van der Waals surface area contributed by atoms with Gasteiger partial charge in [0.15, 0.2) is 0 Å². The molecule has 1 atom stereocenters. The first-order chi connectivity index (χ1) is 11.5. The lowest BCUT2D eigenvalue weighted by molar-refractivity contribution is -0.124. The van der Waals surface area contributed by atoms with Gasteiger partial charge in [0.1, 0.15) is 11.9 Å². The van der Waals surface area contributed by atoms with Crippen LogP contribution < -0.4 is 4.90 Å². The Bertz CT molecular complexity index is 790. The Labute approximate surface area is 140 Å². The van der Waals surface area contributed by atoms with Crippen LogP contribution in [0.3, 0.4) is 0 Å². The first-order valence-corrected chi connectivity index (χ1v) is 7.92. The van der Waals surface area contributed by atoms with Crippen molar-refractivity contribution in [2.24, 2.45) is 0 Å². The molecule has 0 radical (unpaired) electrons. The quantitative estimate of drug-likeness (QED) is 0.851. The molecule has 5 heteroatoms. The van der Waals surface area contributed by atoms with Crippen molar-refractivity contribution in [1.82, 2.24) is 4.90 Å². The monoisotopic (exact) mass is 326 g/mol. The van der Waals surface area contributed by atoms with E-state index in [1.165, 1.54) is 23.1 Å². The molecule has 0 unspecified atom stereocenters. The van der Waals surface area contributed by atoms with Gasteiger partial charge in [0.05, 0.1) is 5.56 Å². The summed E-state index contributed by atoms with van der Waals surface area (Å²) in [4.78, 5) is 28.4. The SMILES string of the molecule is Cc1cccc(N2CCN(C(=O)c3ccccc3F)[C@@H](C)C2=O)c1. The topological polar surface area (TPSA) is 40.6 Å². The molecule has 4 nitrogen and oxygen atoms in total. The number of halogens is 1. The molecule has 2 amide bonds. The van der Waals surface area contributed by atoms with Gasteiger partial charge in [0.2, 0.25) is 5.91 Å². The van der Waals surface area contributed by atoms with Gasteiger partial charge in [-0.1, -0.05) is 24.3 Å². The Kier molecular flexibility index (Phi) is 4.34. The number of aryl methyl sites for hydroxylation is 1. The van der Waals surface area contributed by atoms with Crippen LogP contribution >= 0.6 is 0 Å². The second-order valence-electron chi connectivity index (χ2n) is 5.98. The molecule has 3 rings (SSSR count). The summed E-state index contributed by atoms with van der Waals surface area (Å²) in [6, 6.07) is 12.9. The minimum atomic E-state index is -0.633. The van der Waals surface area contributed by atoms with Gasteiger partial charge in [-0.2, -0.15) is 0 Å². The summed E-state index contributed by atoms with van der Waals surface area (Å²) in [7, 11) is 0.